The van der Waals surface area contributed by atoms with Crippen molar-refractivity contribution in [1.29, 1.82) is 0 Å². The monoisotopic (exact) mass is 295 g/mol. The van der Waals surface area contributed by atoms with Crippen LogP contribution in [0.3, 0.4) is 0 Å². The summed E-state index contributed by atoms with van der Waals surface area (Å²) >= 11 is 1.50. The van der Waals surface area contributed by atoms with E-state index >= 15 is 0 Å². The average Bonchev–Trinajstić information content (AvgIpc) is 3.02. The third kappa shape index (κ3) is 4.18. The van der Waals surface area contributed by atoms with Crippen LogP contribution in [0.1, 0.15) is 23.8 Å². The van der Waals surface area contributed by atoms with Crippen molar-refractivity contribution in [2.75, 3.05) is 6.61 Å². The van der Waals surface area contributed by atoms with Gasteiger partial charge >= 0.3 is 5.97 Å². The van der Waals surface area contributed by atoms with Gasteiger partial charge in [-0.2, -0.15) is 0 Å². The summed E-state index contributed by atoms with van der Waals surface area (Å²) in [6, 6.07) is 1.87. The molecule has 1 fully saturated rings. The topological polar surface area (TPSA) is 75.6 Å². The molecule has 0 aromatic carbocycles. The molecule has 2 unspecified atom stereocenters. The fourth-order valence-corrected chi connectivity index (χ4v) is 2.86. The third-order valence-electron chi connectivity index (χ3n) is 3.10. The quantitative estimate of drug-likeness (QED) is 0.813. The smallest absolute Gasteiger partial charge is 0.328 e. The van der Waals surface area contributed by atoms with Gasteiger partial charge in [0.2, 0.25) is 5.91 Å². The van der Waals surface area contributed by atoms with Gasteiger partial charge in [-0.3, -0.25) is 4.79 Å². The zero-order chi connectivity index (χ0) is 14.5. The van der Waals surface area contributed by atoms with E-state index in [1.54, 1.807) is 0 Å². The summed E-state index contributed by atoms with van der Waals surface area (Å²) in [5.41, 5.74) is 0.833. The largest absolute Gasteiger partial charge is 0.478 e. The number of carbonyl (C=O) groups is 2. The predicted molar refractivity (Wildman–Crippen MR) is 76.4 cm³/mol. The Hall–Kier alpha value is -1.66. The third-order valence-corrected chi connectivity index (χ3v) is 4.05. The second kappa shape index (κ2) is 6.67. The SMILES string of the molecule is CC1CC(C(=O)NCc2cc(/C=C/C(=O)O)cs2)CO1. The molecule has 1 aliphatic rings. The van der Waals surface area contributed by atoms with Crippen LogP contribution in [0, 0.1) is 5.92 Å². The molecule has 2 rings (SSSR count). The minimum atomic E-state index is -0.971. The highest BCUT2D eigenvalue weighted by atomic mass is 32.1. The number of hydrogen-bond donors (Lipinski definition) is 2. The summed E-state index contributed by atoms with van der Waals surface area (Å²) in [5.74, 6) is -1.01. The maximum absolute atomic E-state index is 11.9. The first-order valence-electron chi connectivity index (χ1n) is 6.42. The predicted octanol–water partition coefficient (Wildman–Crippen LogP) is 1.89. The van der Waals surface area contributed by atoms with Crippen molar-refractivity contribution in [3.05, 3.63) is 28.0 Å². The van der Waals surface area contributed by atoms with Crippen LogP contribution in [-0.2, 0) is 20.9 Å². The Kier molecular flexibility index (Phi) is 4.92. The Bertz CT molecular complexity index is 523. The molecule has 1 saturated heterocycles. The second-order valence-electron chi connectivity index (χ2n) is 4.81. The van der Waals surface area contributed by atoms with Gasteiger partial charge in [0.1, 0.15) is 0 Å². The molecule has 1 aliphatic heterocycles. The van der Waals surface area contributed by atoms with Crippen LogP contribution in [0.2, 0.25) is 0 Å². The van der Waals surface area contributed by atoms with Crippen LogP contribution in [0.15, 0.2) is 17.5 Å². The molecular formula is C14H17NO4S. The molecular weight excluding hydrogens is 278 g/mol. The maximum atomic E-state index is 11.9. The number of rotatable bonds is 5. The maximum Gasteiger partial charge on any atom is 0.328 e. The summed E-state index contributed by atoms with van der Waals surface area (Å²) < 4.78 is 5.37. The first-order valence-corrected chi connectivity index (χ1v) is 7.30. The molecule has 1 aromatic rings. The van der Waals surface area contributed by atoms with E-state index in [-0.39, 0.29) is 17.9 Å². The standard InChI is InChI=1S/C14H17NO4S/c1-9-4-11(7-19-9)14(18)15-6-12-5-10(8-20-12)2-3-13(16)17/h2-3,5,8-9,11H,4,6-7H2,1H3,(H,15,18)(H,16,17)/b3-2+. The van der Waals surface area contributed by atoms with Crippen LogP contribution >= 0.6 is 11.3 Å². The van der Waals surface area contributed by atoms with Crippen molar-refractivity contribution < 1.29 is 19.4 Å². The molecule has 108 valence electrons. The average molecular weight is 295 g/mol. The number of nitrogens with one attached hydrogen (secondary N) is 1. The Balaban J connectivity index is 1.82. The molecule has 0 bridgehead atoms. The second-order valence-corrected chi connectivity index (χ2v) is 5.81. The number of ether oxygens (including phenoxy) is 1. The Morgan fingerprint density at radius 3 is 3.05 bits per heavy atom. The van der Waals surface area contributed by atoms with Gasteiger partial charge in [0, 0.05) is 11.0 Å². The number of carboxylic acids is 1. The van der Waals surface area contributed by atoms with E-state index in [0.717, 1.165) is 22.9 Å². The minimum Gasteiger partial charge on any atom is -0.478 e. The highest BCUT2D eigenvalue weighted by Gasteiger charge is 2.27. The summed E-state index contributed by atoms with van der Waals surface area (Å²) in [6.07, 6.45) is 3.56. The van der Waals surface area contributed by atoms with E-state index in [1.807, 2.05) is 18.4 Å². The van der Waals surface area contributed by atoms with Gasteiger partial charge in [-0.05, 0) is 36.4 Å². The van der Waals surface area contributed by atoms with Gasteiger partial charge in [0.15, 0.2) is 0 Å². The summed E-state index contributed by atoms with van der Waals surface area (Å²) in [5, 5.41) is 13.3. The lowest BCUT2D eigenvalue weighted by Gasteiger charge is -2.08. The molecule has 5 nitrogen and oxygen atoms in total. The number of hydrogen-bond acceptors (Lipinski definition) is 4. The normalized spacial score (nSPS) is 22.2. The zero-order valence-corrected chi connectivity index (χ0v) is 12.0. The van der Waals surface area contributed by atoms with Crippen molar-refractivity contribution in [3.63, 3.8) is 0 Å². The zero-order valence-electron chi connectivity index (χ0n) is 11.2. The highest BCUT2D eigenvalue weighted by Crippen LogP contribution is 2.20. The number of aliphatic carboxylic acids is 1. The molecule has 2 heterocycles. The minimum absolute atomic E-state index is 0.0189. The van der Waals surface area contributed by atoms with Gasteiger partial charge in [-0.1, -0.05) is 0 Å². The van der Waals surface area contributed by atoms with Gasteiger partial charge in [-0.15, -0.1) is 11.3 Å². The van der Waals surface area contributed by atoms with Crippen molar-refractivity contribution in [2.45, 2.75) is 26.0 Å². The van der Waals surface area contributed by atoms with Crippen LogP contribution < -0.4 is 5.32 Å². The van der Waals surface area contributed by atoms with Crippen LogP contribution in [0.5, 0.6) is 0 Å². The summed E-state index contributed by atoms with van der Waals surface area (Å²) in [4.78, 5) is 23.3. The first kappa shape index (κ1) is 14.7. The van der Waals surface area contributed by atoms with E-state index in [2.05, 4.69) is 5.32 Å². The summed E-state index contributed by atoms with van der Waals surface area (Å²) in [6.45, 7) is 2.92. The molecule has 0 radical (unpaired) electrons. The Morgan fingerprint density at radius 2 is 2.40 bits per heavy atom. The van der Waals surface area contributed by atoms with E-state index in [1.165, 1.54) is 17.4 Å². The number of amides is 1. The molecule has 2 N–H and O–H groups in total. The molecule has 2 atom stereocenters. The van der Waals surface area contributed by atoms with Crippen molar-refractivity contribution in [3.8, 4) is 0 Å². The Labute approximate surface area is 121 Å². The molecule has 0 aliphatic carbocycles. The van der Waals surface area contributed by atoms with Crippen molar-refractivity contribution in [2.24, 2.45) is 5.92 Å². The lowest BCUT2D eigenvalue weighted by atomic mass is 10.1. The molecule has 6 heteroatoms. The first-order chi connectivity index (χ1) is 9.54. The molecule has 1 amide bonds. The van der Waals surface area contributed by atoms with Gasteiger partial charge in [-0.25, -0.2) is 4.79 Å². The van der Waals surface area contributed by atoms with Crippen LogP contribution in [0.4, 0.5) is 0 Å². The molecule has 0 spiro atoms. The van der Waals surface area contributed by atoms with E-state index < -0.39 is 5.97 Å². The molecule has 0 saturated carbocycles. The molecule has 20 heavy (non-hydrogen) atoms. The fraction of sp³-hybridized carbons (Fsp3) is 0.429. The van der Waals surface area contributed by atoms with Gasteiger partial charge in [0.05, 0.1) is 25.2 Å². The van der Waals surface area contributed by atoms with Crippen LogP contribution in [-0.4, -0.2) is 29.7 Å². The summed E-state index contributed by atoms with van der Waals surface area (Å²) in [7, 11) is 0. The lowest BCUT2D eigenvalue weighted by molar-refractivity contribution is -0.131. The van der Waals surface area contributed by atoms with Gasteiger partial charge < -0.3 is 15.2 Å². The number of thiophene rings is 1. The van der Waals surface area contributed by atoms with Crippen LogP contribution in [0.25, 0.3) is 6.08 Å². The van der Waals surface area contributed by atoms with Crippen molar-refractivity contribution >= 4 is 29.3 Å². The van der Waals surface area contributed by atoms with Crippen molar-refractivity contribution in [1.82, 2.24) is 5.32 Å². The highest BCUT2D eigenvalue weighted by molar-refractivity contribution is 7.10. The lowest BCUT2D eigenvalue weighted by Crippen LogP contribution is -2.30. The number of carbonyl (C=O) groups excluding carboxylic acids is 1. The van der Waals surface area contributed by atoms with E-state index in [0.29, 0.717) is 13.2 Å². The van der Waals surface area contributed by atoms with Gasteiger partial charge in [0.25, 0.3) is 0 Å². The van der Waals surface area contributed by atoms with E-state index in [9.17, 15) is 9.59 Å². The number of carboxylic acid groups (broad SMARTS) is 1. The Morgan fingerprint density at radius 1 is 1.60 bits per heavy atom. The fourth-order valence-electron chi connectivity index (χ4n) is 2.06. The molecule has 1 aromatic heterocycles. The van der Waals surface area contributed by atoms with E-state index in [4.69, 9.17) is 9.84 Å².